The molecule has 2 bridgehead atoms. The van der Waals surface area contributed by atoms with Crippen molar-refractivity contribution in [1.82, 2.24) is 0 Å². The lowest BCUT2D eigenvalue weighted by atomic mass is 9.63. The van der Waals surface area contributed by atoms with Crippen LogP contribution in [0, 0.1) is 5.41 Å². The zero-order valence-corrected chi connectivity index (χ0v) is 11.4. The van der Waals surface area contributed by atoms with Gasteiger partial charge in [-0.2, -0.15) is 0 Å². The van der Waals surface area contributed by atoms with Crippen molar-refractivity contribution in [2.75, 3.05) is 20.3 Å². The fourth-order valence-corrected chi connectivity index (χ4v) is 3.19. The lowest BCUT2D eigenvalue weighted by Gasteiger charge is -2.43. The second kappa shape index (κ2) is 4.97. The Morgan fingerprint density at radius 2 is 1.95 bits per heavy atom. The minimum absolute atomic E-state index is 0.192. The molecule has 1 saturated carbocycles. The van der Waals surface area contributed by atoms with Crippen LogP contribution >= 0.6 is 0 Å². The highest BCUT2D eigenvalue weighted by Crippen LogP contribution is 2.60. The number of methoxy groups -OCH3 is 1. The van der Waals surface area contributed by atoms with Crippen LogP contribution < -0.4 is 4.74 Å². The van der Waals surface area contributed by atoms with Crippen LogP contribution in [0.2, 0.25) is 0 Å². The molecule has 3 aliphatic rings. The van der Waals surface area contributed by atoms with Crippen molar-refractivity contribution in [1.29, 1.82) is 0 Å². The van der Waals surface area contributed by atoms with Gasteiger partial charge in [0.2, 0.25) is 0 Å². The van der Waals surface area contributed by atoms with Crippen LogP contribution in [0.3, 0.4) is 0 Å². The first kappa shape index (κ1) is 13.8. The Balaban J connectivity index is 1.47. The molecule has 0 spiro atoms. The van der Waals surface area contributed by atoms with E-state index in [1.54, 1.807) is 7.11 Å². The van der Waals surface area contributed by atoms with Crippen molar-refractivity contribution < 1.29 is 23.0 Å². The van der Waals surface area contributed by atoms with Crippen LogP contribution in [0.4, 0.5) is 8.78 Å². The molecule has 0 unspecified atom stereocenters. The molecular weight excluding hydrogens is 266 g/mol. The van der Waals surface area contributed by atoms with E-state index in [9.17, 15) is 8.78 Å². The smallest absolute Gasteiger partial charge is 0.267 e. The molecule has 2 saturated heterocycles. The number of benzene rings is 1. The topological polar surface area (TPSA) is 27.7 Å². The van der Waals surface area contributed by atoms with E-state index in [2.05, 4.69) is 0 Å². The number of ether oxygens (including phenoxy) is 3. The average Bonchev–Trinajstić information content (AvgIpc) is 2.96. The molecule has 1 aliphatic carbocycles. The molecular formula is C15H18F2O3. The monoisotopic (exact) mass is 284 g/mol. The van der Waals surface area contributed by atoms with Crippen molar-refractivity contribution >= 4 is 0 Å². The summed E-state index contributed by atoms with van der Waals surface area (Å²) in [5.41, 5.74) is -0.326. The summed E-state index contributed by atoms with van der Waals surface area (Å²) in [6.07, 6.45) is -1.56. The molecule has 2 heterocycles. The summed E-state index contributed by atoms with van der Waals surface area (Å²) in [7, 11) is 1.62. The van der Waals surface area contributed by atoms with E-state index in [1.807, 2.05) is 24.3 Å². The molecule has 110 valence electrons. The summed E-state index contributed by atoms with van der Waals surface area (Å²) in [5, 5.41) is 0. The SMILES string of the molecule is COc1ccc(COCC23COC(C(F)F)(C2)C3)cc1. The standard InChI is InChI=1S/C15H18F2O3/c1-18-12-4-2-11(3-5-12)6-19-9-14-7-15(8-14,13(16)17)20-10-14/h2-5,13H,6-10H2,1H3. The van der Waals surface area contributed by atoms with Crippen LogP contribution in [0.15, 0.2) is 24.3 Å². The molecule has 0 atom stereocenters. The Hall–Kier alpha value is -1.20. The number of fused-ring (bicyclic) bond motifs is 1. The minimum Gasteiger partial charge on any atom is -0.497 e. The molecule has 1 aromatic carbocycles. The summed E-state index contributed by atoms with van der Waals surface area (Å²) in [4.78, 5) is 0. The number of alkyl halides is 2. The largest absolute Gasteiger partial charge is 0.497 e. The van der Waals surface area contributed by atoms with Gasteiger partial charge in [-0.05, 0) is 30.5 Å². The molecule has 2 aliphatic heterocycles. The number of hydrogen-bond donors (Lipinski definition) is 0. The summed E-state index contributed by atoms with van der Waals surface area (Å²) in [5.74, 6) is 0.803. The van der Waals surface area contributed by atoms with Gasteiger partial charge in [-0.15, -0.1) is 0 Å². The van der Waals surface area contributed by atoms with Crippen molar-refractivity contribution in [3.8, 4) is 5.75 Å². The van der Waals surface area contributed by atoms with E-state index in [0.29, 0.717) is 32.7 Å². The Bertz CT molecular complexity index is 467. The zero-order chi connectivity index (χ0) is 14.2. The maximum absolute atomic E-state index is 12.8. The molecule has 0 amide bonds. The molecule has 4 rings (SSSR count). The van der Waals surface area contributed by atoms with Gasteiger partial charge >= 0.3 is 0 Å². The zero-order valence-electron chi connectivity index (χ0n) is 11.4. The van der Waals surface area contributed by atoms with E-state index < -0.39 is 12.0 Å². The first-order valence-corrected chi connectivity index (χ1v) is 6.70. The van der Waals surface area contributed by atoms with Gasteiger partial charge in [-0.25, -0.2) is 8.78 Å². The van der Waals surface area contributed by atoms with E-state index in [1.165, 1.54) is 0 Å². The fraction of sp³-hybridized carbons (Fsp3) is 0.600. The van der Waals surface area contributed by atoms with E-state index in [-0.39, 0.29) is 5.41 Å². The highest BCUT2D eigenvalue weighted by Gasteiger charge is 2.66. The Kier molecular flexibility index (Phi) is 3.42. The van der Waals surface area contributed by atoms with Crippen LogP contribution in [0.1, 0.15) is 18.4 Å². The summed E-state index contributed by atoms with van der Waals surface area (Å²) >= 11 is 0. The summed E-state index contributed by atoms with van der Waals surface area (Å²) in [6.45, 7) is 1.35. The van der Waals surface area contributed by atoms with Gasteiger partial charge in [0.25, 0.3) is 6.43 Å². The third-order valence-corrected chi connectivity index (χ3v) is 4.25. The quantitative estimate of drug-likeness (QED) is 0.803. The van der Waals surface area contributed by atoms with Crippen LogP contribution in [0.5, 0.6) is 5.75 Å². The Morgan fingerprint density at radius 3 is 2.50 bits per heavy atom. The molecule has 0 aromatic heterocycles. The van der Waals surface area contributed by atoms with Crippen LogP contribution in [0.25, 0.3) is 0 Å². The van der Waals surface area contributed by atoms with Crippen molar-refractivity contribution in [3.05, 3.63) is 29.8 Å². The lowest BCUT2D eigenvalue weighted by molar-refractivity contribution is -0.138. The predicted octanol–water partition coefficient (Wildman–Crippen LogP) is 3.03. The average molecular weight is 284 g/mol. The van der Waals surface area contributed by atoms with Crippen molar-refractivity contribution in [2.24, 2.45) is 5.41 Å². The van der Waals surface area contributed by atoms with Crippen LogP contribution in [-0.4, -0.2) is 32.4 Å². The van der Waals surface area contributed by atoms with Gasteiger partial charge in [-0.3, -0.25) is 0 Å². The second-order valence-corrected chi connectivity index (χ2v) is 5.85. The maximum atomic E-state index is 12.8. The van der Waals surface area contributed by atoms with Gasteiger partial charge in [0.15, 0.2) is 0 Å². The van der Waals surface area contributed by atoms with Gasteiger partial charge in [0.05, 0.1) is 26.9 Å². The molecule has 3 nitrogen and oxygen atoms in total. The Labute approximate surface area is 116 Å². The number of hydrogen-bond acceptors (Lipinski definition) is 3. The molecule has 0 radical (unpaired) electrons. The first-order chi connectivity index (χ1) is 9.57. The van der Waals surface area contributed by atoms with E-state index in [0.717, 1.165) is 11.3 Å². The second-order valence-electron chi connectivity index (χ2n) is 5.85. The minimum atomic E-state index is -2.39. The van der Waals surface area contributed by atoms with Gasteiger partial charge < -0.3 is 14.2 Å². The van der Waals surface area contributed by atoms with E-state index >= 15 is 0 Å². The summed E-state index contributed by atoms with van der Waals surface area (Å²) in [6, 6.07) is 7.62. The van der Waals surface area contributed by atoms with Gasteiger partial charge in [-0.1, -0.05) is 12.1 Å². The molecule has 5 heteroatoms. The van der Waals surface area contributed by atoms with Crippen molar-refractivity contribution in [3.63, 3.8) is 0 Å². The van der Waals surface area contributed by atoms with Gasteiger partial charge in [0, 0.05) is 5.41 Å². The Morgan fingerprint density at radius 1 is 1.25 bits per heavy atom. The fourth-order valence-electron chi connectivity index (χ4n) is 3.19. The molecule has 20 heavy (non-hydrogen) atoms. The number of halogens is 2. The first-order valence-electron chi connectivity index (χ1n) is 6.70. The van der Waals surface area contributed by atoms with Gasteiger partial charge in [0.1, 0.15) is 11.4 Å². The van der Waals surface area contributed by atoms with Crippen molar-refractivity contribution in [2.45, 2.75) is 31.5 Å². The third-order valence-electron chi connectivity index (χ3n) is 4.25. The third kappa shape index (κ3) is 2.29. The predicted molar refractivity (Wildman–Crippen MR) is 69.0 cm³/mol. The molecule has 3 fully saturated rings. The highest BCUT2D eigenvalue weighted by molar-refractivity contribution is 5.26. The van der Waals surface area contributed by atoms with E-state index in [4.69, 9.17) is 14.2 Å². The van der Waals surface area contributed by atoms with Crippen LogP contribution in [-0.2, 0) is 16.1 Å². The number of rotatable bonds is 6. The normalized spacial score (nSPS) is 31.4. The summed E-state index contributed by atoms with van der Waals surface area (Å²) < 4.78 is 41.7. The molecule has 1 aromatic rings. The highest BCUT2D eigenvalue weighted by atomic mass is 19.3. The molecule has 0 N–H and O–H groups in total. The lowest BCUT2D eigenvalue weighted by Crippen LogP contribution is -2.51. The maximum Gasteiger partial charge on any atom is 0.267 e.